The van der Waals surface area contributed by atoms with E-state index in [0.717, 1.165) is 12.8 Å². The molecule has 1 atom stereocenters. The second-order valence-corrected chi connectivity index (χ2v) is 8.09. The average Bonchev–Trinajstić information content (AvgIpc) is 2.70. The van der Waals surface area contributed by atoms with Crippen LogP contribution in [0.2, 0.25) is 0 Å². The second kappa shape index (κ2) is 24.4. The molecule has 8 nitrogen and oxygen atoms in total. The zero-order valence-corrected chi connectivity index (χ0v) is 20.1. The Morgan fingerprint density at radius 1 is 0.742 bits per heavy atom. The third-order valence-electron chi connectivity index (χ3n) is 4.94. The molecule has 31 heavy (non-hydrogen) atoms. The predicted molar refractivity (Wildman–Crippen MR) is 131 cm³/mol. The lowest BCUT2D eigenvalue weighted by molar-refractivity contribution is -0.149. The van der Waals surface area contributed by atoms with Crippen molar-refractivity contribution in [2.45, 2.75) is 129 Å². The molecule has 1 unspecified atom stereocenters. The minimum atomic E-state index is -0.422. The van der Waals surface area contributed by atoms with Crippen molar-refractivity contribution in [1.82, 2.24) is 5.32 Å². The molecule has 0 aliphatic carbocycles. The Morgan fingerprint density at radius 3 is 1.39 bits per heavy atom. The molecule has 0 aromatic rings. The van der Waals surface area contributed by atoms with Gasteiger partial charge in [-0.3, -0.25) is 26.7 Å². The van der Waals surface area contributed by atoms with E-state index in [0.29, 0.717) is 12.8 Å². The summed E-state index contributed by atoms with van der Waals surface area (Å²) in [4.78, 5) is 11.4. The Hall–Kier alpha value is -1.83. The van der Waals surface area contributed by atoms with Crippen LogP contribution in [0.4, 0.5) is 0 Å². The Bertz CT molecular complexity index is 434. The Labute approximate surface area is 190 Å². The van der Waals surface area contributed by atoms with Gasteiger partial charge in [0.25, 0.3) is 0 Å². The molecule has 0 aliphatic heterocycles. The van der Waals surface area contributed by atoms with Crippen LogP contribution in [-0.2, 0) is 9.53 Å². The van der Waals surface area contributed by atoms with Crippen LogP contribution in [0.25, 0.3) is 0 Å². The summed E-state index contributed by atoms with van der Waals surface area (Å²) in [5.41, 5.74) is 15.1. The number of guanidine groups is 2. The summed E-state index contributed by atoms with van der Waals surface area (Å²) in [6, 6.07) is 0. The van der Waals surface area contributed by atoms with E-state index in [-0.39, 0.29) is 17.9 Å². The molecule has 0 aromatic carbocycles. The summed E-state index contributed by atoms with van der Waals surface area (Å²) in [5.74, 6) is -0.765. The molecule has 0 fully saturated rings. The zero-order chi connectivity index (χ0) is 23.7. The van der Waals surface area contributed by atoms with Crippen LogP contribution in [0.3, 0.4) is 0 Å². The third kappa shape index (κ3) is 30.5. The molecule has 0 aromatic heterocycles. The summed E-state index contributed by atoms with van der Waals surface area (Å²) in [7, 11) is 0. The maximum absolute atomic E-state index is 11.4. The Kier molecular flexibility index (Phi) is 24.7. The molecular weight excluding hydrogens is 392 g/mol. The molecule has 0 aliphatic rings. The fraction of sp³-hybridized carbons (Fsp3) is 0.870. The number of unbranched alkanes of at least 4 members (excludes halogenated alkanes) is 14. The summed E-state index contributed by atoms with van der Waals surface area (Å²) in [6.07, 6.45) is 20.9. The molecule has 0 saturated heterocycles. The van der Waals surface area contributed by atoms with E-state index in [4.69, 9.17) is 32.8 Å². The molecule has 184 valence electrons. The number of carbonyl (C=O) groups excluding carboxylic acids is 1. The summed E-state index contributed by atoms with van der Waals surface area (Å²) < 4.78 is 5.06. The van der Waals surface area contributed by atoms with E-state index in [1.807, 2.05) is 12.2 Å². The van der Waals surface area contributed by atoms with Crippen molar-refractivity contribution in [1.29, 1.82) is 10.8 Å². The van der Waals surface area contributed by atoms with Gasteiger partial charge in [0.2, 0.25) is 0 Å². The highest BCUT2D eigenvalue weighted by molar-refractivity contribution is 5.93. The number of nitrogens with one attached hydrogen (secondary N) is 3. The van der Waals surface area contributed by atoms with Crippen molar-refractivity contribution in [3.05, 3.63) is 0 Å². The number of carbonyl (C=O) groups is 1. The molecule has 8 heteroatoms. The third-order valence-corrected chi connectivity index (χ3v) is 4.94. The molecule has 9 N–H and O–H groups in total. The number of ether oxygens (including phenoxy) is 1. The van der Waals surface area contributed by atoms with Gasteiger partial charge in [-0.1, -0.05) is 104 Å². The Balaban J connectivity index is 0. The fourth-order valence-electron chi connectivity index (χ4n) is 3.10. The lowest BCUT2D eigenvalue weighted by Gasteiger charge is -2.10. The van der Waals surface area contributed by atoms with Crippen molar-refractivity contribution in [2.24, 2.45) is 17.2 Å². The number of nitrogens with two attached hydrogens (primary N) is 3. The van der Waals surface area contributed by atoms with E-state index in [9.17, 15) is 4.79 Å². The molecule has 0 bridgehead atoms. The molecule has 0 radical (unpaired) electrons. The maximum Gasteiger partial charge on any atom is 0.307 e. The minimum absolute atomic E-state index is 0.140. The van der Waals surface area contributed by atoms with Gasteiger partial charge in [-0.2, -0.15) is 0 Å². The van der Waals surface area contributed by atoms with E-state index < -0.39 is 6.23 Å². The first-order valence-electron chi connectivity index (χ1n) is 12.2. The highest BCUT2D eigenvalue weighted by Gasteiger charge is 2.07. The molecule has 0 rings (SSSR count). The number of esters is 1. The average molecular weight is 443 g/mol. The van der Waals surface area contributed by atoms with Crippen molar-refractivity contribution in [2.75, 3.05) is 0 Å². The van der Waals surface area contributed by atoms with E-state index >= 15 is 0 Å². The number of rotatable bonds is 18. The van der Waals surface area contributed by atoms with Crippen LogP contribution in [0.15, 0.2) is 0 Å². The standard InChI is InChI=1S/C21H43NO2.C2H7N5/c1-3-5-6-7-8-9-10-11-12-13-14-15-16-17-18-19-21(23)24-20(22)4-2;3-1(4)7-2(5)6/h20H,3-19,22H2,1-2H3;(H7,3,4,5,6,7). The van der Waals surface area contributed by atoms with E-state index in [2.05, 4.69) is 6.92 Å². The maximum atomic E-state index is 11.4. The highest BCUT2D eigenvalue weighted by atomic mass is 16.6. The van der Waals surface area contributed by atoms with Crippen molar-refractivity contribution < 1.29 is 9.53 Å². The van der Waals surface area contributed by atoms with Gasteiger partial charge >= 0.3 is 5.97 Å². The lowest BCUT2D eigenvalue weighted by Crippen LogP contribution is -2.39. The van der Waals surface area contributed by atoms with E-state index in [1.54, 1.807) is 0 Å². The quantitative estimate of drug-likeness (QED) is 0.0584. The molecule has 0 heterocycles. The van der Waals surface area contributed by atoms with Crippen LogP contribution in [0.1, 0.15) is 123 Å². The largest absolute Gasteiger partial charge is 0.447 e. The van der Waals surface area contributed by atoms with Crippen LogP contribution in [0, 0.1) is 10.8 Å². The molecule has 0 spiro atoms. The van der Waals surface area contributed by atoms with Gasteiger partial charge in [-0.15, -0.1) is 0 Å². The van der Waals surface area contributed by atoms with Gasteiger partial charge in [0.1, 0.15) is 0 Å². The van der Waals surface area contributed by atoms with Crippen molar-refractivity contribution in [3.8, 4) is 0 Å². The van der Waals surface area contributed by atoms with Crippen molar-refractivity contribution in [3.63, 3.8) is 0 Å². The second-order valence-electron chi connectivity index (χ2n) is 8.09. The van der Waals surface area contributed by atoms with Gasteiger partial charge < -0.3 is 16.2 Å². The minimum Gasteiger partial charge on any atom is -0.447 e. The van der Waals surface area contributed by atoms with Gasteiger partial charge in [-0.05, 0) is 12.8 Å². The smallest absolute Gasteiger partial charge is 0.307 e. The first-order valence-corrected chi connectivity index (χ1v) is 12.2. The van der Waals surface area contributed by atoms with Gasteiger partial charge in [0, 0.05) is 6.42 Å². The van der Waals surface area contributed by atoms with E-state index in [1.165, 1.54) is 83.5 Å². The van der Waals surface area contributed by atoms with Crippen LogP contribution < -0.4 is 22.5 Å². The SMILES string of the molecule is CCCCCCCCCCCCCCCCCC(=O)OC(N)CC.N=C(N)NC(=N)N. The van der Waals surface area contributed by atoms with Crippen LogP contribution in [-0.4, -0.2) is 24.1 Å². The van der Waals surface area contributed by atoms with Crippen LogP contribution >= 0.6 is 0 Å². The van der Waals surface area contributed by atoms with Gasteiger partial charge in [0.15, 0.2) is 18.1 Å². The molecule has 0 saturated carbocycles. The number of hydrogen-bond acceptors (Lipinski definition) is 5. The van der Waals surface area contributed by atoms with Crippen molar-refractivity contribution >= 4 is 17.9 Å². The summed E-state index contributed by atoms with van der Waals surface area (Å²) in [5, 5.41) is 15.0. The van der Waals surface area contributed by atoms with Crippen LogP contribution in [0.5, 0.6) is 0 Å². The predicted octanol–water partition coefficient (Wildman–Crippen LogP) is 4.85. The highest BCUT2D eigenvalue weighted by Crippen LogP contribution is 2.13. The fourth-order valence-corrected chi connectivity index (χ4v) is 3.10. The Morgan fingerprint density at radius 2 is 1.10 bits per heavy atom. The lowest BCUT2D eigenvalue weighted by atomic mass is 10.0. The molecular formula is C23H50N6O2. The summed E-state index contributed by atoms with van der Waals surface area (Å²) in [6.45, 7) is 4.20. The molecule has 0 amide bonds. The monoisotopic (exact) mass is 442 g/mol. The zero-order valence-electron chi connectivity index (χ0n) is 20.1. The summed E-state index contributed by atoms with van der Waals surface area (Å²) >= 11 is 0. The first kappa shape index (κ1) is 31.4. The normalized spacial score (nSPS) is 11.2. The van der Waals surface area contributed by atoms with Gasteiger partial charge in [0.05, 0.1) is 0 Å². The topological polar surface area (TPSA) is 164 Å². The van der Waals surface area contributed by atoms with Gasteiger partial charge in [-0.25, -0.2) is 0 Å². The number of hydrogen-bond donors (Lipinski definition) is 6. The first-order chi connectivity index (χ1) is 14.8.